The maximum absolute atomic E-state index is 9.07. The molecule has 0 atom stereocenters. The molecule has 3 N–H and O–H groups in total. The minimum Gasteiger partial charge on any atom is -0.497 e. The summed E-state index contributed by atoms with van der Waals surface area (Å²) in [6.45, 7) is 0.430. The van der Waals surface area contributed by atoms with Crippen molar-refractivity contribution in [3.05, 3.63) is 42.5 Å². The van der Waals surface area contributed by atoms with Crippen LogP contribution in [0, 0.1) is 0 Å². The molecule has 7 nitrogen and oxygen atoms in total. The maximum Gasteiger partial charge on any atom is 0.229 e. The first kappa shape index (κ1) is 16.8. The monoisotopic (exact) mass is 340 g/mol. The van der Waals surface area contributed by atoms with Crippen molar-refractivity contribution in [3.63, 3.8) is 0 Å². The van der Waals surface area contributed by atoms with Gasteiger partial charge in [-0.05, 0) is 24.3 Å². The number of hydrogen-bond acceptors (Lipinski definition) is 7. The second kappa shape index (κ2) is 7.67. The zero-order chi connectivity index (χ0) is 17.6. The summed E-state index contributed by atoms with van der Waals surface area (Å²) in [6, 6.07) is 13.2. The van der Waals surface area contributed by atoms with Crippen LogP contribution in [0.25, 0.3) is 10.9 Å². The molecule has 1 heterocycles. The van der Waals surface area contributed by atoms with E-state index >= 15 is 0 Å². The van der Waals surface area contributed by atoms with Crippen LogP contribution in [0.15, 0.2) is 42.5 Å². The van der Waals surface area contributed by atoms with Crippen LogP contribution in [0.2, 0.25) is 0 Å². The number of hydrogen-bond donors (Lipinski definition) is 3. The smallest absolute Gasteiger partial charge is 0.229 e. The van der Waals surface area contributed by atoms with Crippen LogP contribution in [0.5, 0.6) is 11.5 Å². The molecule has 0 saturated heterocycles. The Morgan fingerprint density at radius 1 is 1.04 bits per heavy atom. The number of aliphatic hydroxyl groups excluding tert-OH is 1. The van der Waals surface area contributed by atoms with E-state index in [0.29, 0.717) is 29.8 Å². The Bertz CT molecular complexity index is 870. The number of fused-ring (bicyclic) bond motifs is 1. The topological polar surface area (TPSA) is 88.5 Å². The molecule has 0 spiro atoms. The Kier molecular flexibility index (Phi) is 5.15. The van der Waals surface area contributed by atoms with Crippen LogP contribution in [-0.4, -0.2) is 42.4 Å². The highest BCUT2D eigenvalue weighted by Gasteiger charge is 2.10. The number of nitrogens with zero attached hydrogens (tertiary/aromatic N) is 2. The third-order valence-electron chi connectivity index (χ3n) is 3.66. The first-order valence-electron chi connectivity index (χ1n) is 7.85. The fraction of sp³-hybridized carbons (Fsp3) is 0.222. The molecule has 3 rings (SSSR count). The fourth-order valence-electron chi connectivity index (χ4n) is 2.46. The number of para-hydroxylation sites is 1. The van der Waals surface area contributed by atoms with Gasteiger partial charge in [0.15, 0.2) is 0 Å². The number of methoxy groups -OCH3 is 2. The van der Waals surface area contributed by atoms with E-state index in [2.05, 4.69) is 20.6 Å². The third-order valence-corrected chi connectivity index (χ3v) is 3.66. The molecule has 1 aromatic heterocycles. The van der Waals surface area contributed by atoms with Crippen LogP contribution in [0.1, 0.15) is 0 Å². The highest BCUT2D eigenvalue weighted by molar-refractivity contribution is 5.90. The number of aromatic nitrogens is 2. The molecule has 0 aliphatic heterocycles. The summed E-state index contributed by atoms with van der Waals surface area (Å²) in [4.78, 5) is 9.07. The van der Waals surface area contributed by atoms with E-state index in [1.54, 1.807) is 20.3 Å². The first-order chi connectivity index (χ1) is 12.2. The minimum absolute atomic E-state index is 0.0212. The van der Waals surface area contributed by atoms with E-state index in [-0.39, 0.29) is 6.61 Å². The molecular formula is C18H20N4O3. The molecule has 3 aromatic rings. The van der Waals surface area contributed by atoms with Crippen LogP contribution in [-0.2, 0) is 0 Å². The molecule has 0 fully saturated rings. The predicted molar refractivity (Wildman–Crippen MR) is 97.9 cm³/mol. The van der Waals surface area contributed by atoms with E-state index in [9.17, 15) is 0 Å². The van der Waals surface area contributed by atoms with Crippen molar-refractivity contribution in [2.45, 2.75) is 0 Å². The highest BCUT2D eigenvalue weighted by atomic mass is 16.5. The number of benzene rings is 2. The van der Waals surface area contributed by atoms with Crippen molar-refractivity contribution in [3.8, 4) is 11.5 Å². The largest absolute Gasteiger partial charge is 0.497 e. The van der Waals surface area contributed by atoms with Crippen molar-refractivity contribution in [1.29, 1.82) is 0 Å². The summed E-state index contributed by atoms with van der Waals surface area (Å²) >= 11 is 0. The predicted octanol–water partition coefficient (Wildman–Crippen LogP) is 2.79. The van der Waals surface area contributed by atoms with E-state index in [0.717, 1.165) is 16.6 Å². The summed E-state index contributed by atoms with van der Waals surface area (Å²) in [5.74, 6) is 2.42. The standard InChI is InChI=1S/C18H20N4O3/c1-24-12-7-8-15(16(11-12)25-2)21-18-20-14-6-4-3-5-13(14)17(22-18)19-9-10-23/h3-8,11,23H,9-10H2,1-2H3,(H2,19,20,21,22). The summed E-state index contributed by atoms with van der Waals surface area (Å²) < 4.78 is 10.6. The minimum atomic E-state index is 0.0212. The molecule has 130 valence electrons. The Morgan fingerprint density at radius 3 is 2.64 bits per heavy atom. The van der Waals surface area contributed by atoms with Crippen molar-refractivity contribution >= 4 is 28.4 Å². The van der Waals surface area contributed by atoms with Gasteiger partial charge in [-0.2, -0.15) is 4.98 Å². The van der Waals surface area contributed by atoms with E-state index in [4.69, 9.17) is 14.6 Å². The zero-order valence-electron chi connectivity index (χ0n) is 14.1. The number of nitrogens with one attached hydrogen (secondary N) is 2. The fourth-order valence-corrected chi connectivity index (χ4v) is 2.46. The number of ether oxygens (including phenoxy) is 2. The summed E-state index contributed by atoms with van der Waals surface area (Å²) in [5.41, 5.74) is 1.53. The van der Waals surface area contributed by atoms with Crippen LogP contribution >= 0.6 is 0 Å². The molecule has 25 heavy (non-hydrogen) atoms. The van der Waals surface area contributed by atoms with Gasteiger partial charge in [-0.15, -0.1) is 0 Å². The number of rotatable bonds is 7. The lowest BCUT2D eigenvalue weighted by atomic mass is 10.2. The van der Waals surface area contributed by atoms with E-state index in [1.807, 2.05) is 36.4 Å². The summed E-state index contributed by atoms with van der Waals surface area (Å²) in [7, 11) is 3.20. The highest BCUT2D eigenvalue weighted by Crippen LogP contribution is 2.31. The normalized spacial score (nSPS) is 10.5. The van der Waals surface area contributed by atoms with Crippen LogP contribution in [0.3, 0.4) is 0 Å². The second-order valence-corrected chi connectivity index (χ2v) is 5.25. The van der Waals surface area contributed by atoms with Gasteiger partial charge in [0.1, 0.15) is 17.3 Å². The van der Waals surface area contributed by atoms with Crippen molar-refractivity contribution in [2.75, 3.05) is 38.0 Å². The molecule has 0 unspecified atom stereocenters. The van der Waals surface area contributed by atoms with Gasteiger partial charge >= 0.3 is 0 Å². The molecule has 2 aromatic carbocycles. The molecule has 0 aliphatic carbocycles. The first-order valence-corrected chi connectivity index (χ1v) is 7.85. The summed E-state index contributed by atoms with van der Waals surface area (Å²) in [5, 5.41) is 16.3. The molecule has 0 saturated carbocycles. The maximum atomic E-state index is 9.07. The SMILES string of the molecule is COc1ccc(Nc2nc(NCCO)c3ccccc3n2)c(OC)c1. The van der Waals surface area contributed by atoms with Crippen molar-refractivity contribution in [1.82, 2.24) is 9.97 Å². The average molecular weight is 340 g/mol. The van der Waals surface area contributed by atoms with Crippen LogP contribution in [0.4, 0.5) is 17.5 Å². The Balaban J connectivity index is 1.98. The number of aliphatic hydroxyl groups is 1. The molecule has 7 heteroatoms. The Morgan fingerprint density at radius 2 is 1.88 bits per heavy atom. The molecular weight excluding hydrogens is 320 g/mol. The van der Waals surface area contributed by atoms with Gasteiger partial charge in [0, 0.05) is 18.0 Å². The van der Waals surface area contributed by atoms with Gasteiger partial charge in [-0.3, -0.25) is 0 Å². The third kappa shape index (κ3) is 3.72. The molecule has 0 aliphatic rings. The van der Waals surface area contributed by atoms with Gasteiger partial charge in [0.2, 0.25) is 5.95 Å². The number of anilines is 3. The molecule has 0 amide bonds. The Labute approximate surface area is 145 Å². The Hall–Kier alpha value is -3.06. The lowest BCUT2D eigenvalue weighted by molar-refractivity contribution is 0.311. The average Bonchev–Trinajstić information content (AvgIpc) is 2.66. The second-order valence-electron chi connectivity index (χ2n) is 5.25. The van der Waals surface area contributed by atoms with Crippen LogP contribution < -0.4 is 20.1 Å². The molecule has 0 bridgehead atoms. The quantitative estimate of drug-likeness (QED) is 0.609. The van der Waals surface area contributed by atoms with E-state index < -0.39 is 0 Å². The lowest BCUT2D eigenvalue weighted by Gasteiger charge is -2.14. The van der Waals surface area contributed by atoms with Crippen molar-refractivity contribution < 1.29 is 14.6 Å². The molecule has 0 radical (unpaired) electrons. The van der Waals surface area contributed by atoms with Gasteiger partial charge in [0.25, 0.3) is 0 Å². The zero-order valence-corrected chi connectivity index (χ0v) is 14.1. The van der Waals surface area contributed by atoms with Gasteiger partial charge in [-0.1, -0.05) is 12.1 Å². The van der Waals surface area contributed by atoms with E-state index in [1.165, 1.54) is 0 Å². The summed E-state index contributed by atoms with van der Waals surface area (Å²) in [6.07, 6.45) is 0. The lowest BCUT2D eigenvalue weighted by Crippen LogP contribution is -2.09. The van der Waals surface area contributed by atoms with Gasteiger partial charge < -0.3 is 25.2 Å². The van der Waals surface area contributed by atoms with Gasteiger partial charge in [-0.25, -0.2) is 4.98 Å². The van der Waals surface area contributed by atoms with Crippen molar-refractivity contribution in [2.24, 2.45) is 0 Å². The van der Waals surface area contributed by atoms with Gasteiger partial charge in [0.05, 0.1) is 32.0 Å².